The van der Waals surface area contributed by atoms with Crippen molar-refractivity contribution in [2.24, 2.45) is 0 Å². The summed E-state index contributed by atoms with van der Waals surface area (Å²) in [5.41, 5.74) is 2.08. The van der Waals surface area contributed by atoms with Crippen LogP contribution in [0, 0.1) is 6.92 Å². The van der Waals surface area contributed by atoms with Gasteiger partial charge in [-0.3, -0.25) is 9.59 Å². The number of nitrogens with one attached hydrogen (secondary N) is 1. The van der Waals surface area contributed by atoms with Crippen molar-refractivity contribution in [1.29, 1.82) is 0 Å². The minimum atomic E-state index is -0.654. The Kier molecular flexibility index (Phi) is 6.46. The van der Waals surface area contributed by atoms with Gasteiger partial charge in [-0.1, -0.05) is 12.1 Å². The fourth-order valence-electron chi connectivity index (χ4n) is 3.07. The van der Waals surface area contributed by atoms with E-state index in [4.69, 9.17) is 9.47 Å². The number of fused-ring (bicyclic) bond motifs is 1. The number of aryl methyl sites for hydroxylation is 2. The minimum absolute atomic E-state index is 0.163. The smallest absolute Gasteiger partial charge is 0.338 e. The van der Waals surface area contributed by atoms with E-state index < -0.39 is 18.5 Å². The van der Waals surface area contributed by atoms with Crippen LogP contribution in [0.25, 0.3) is 11.0 Å². The Morgan fingerprint density at radius 2 is 1.90 bits per heavy atom. The number of aromatic nitrogens is 2. The first-order valence-corrected chi connectivity index (χ1v) is 9.64. The summed E-state index contributed by atoms with van der Waals surface area (Å²) in [4.78, 5) is 41.0. The lowest BCUT2D eigenvalue weighted by atomic mass is 10.2. The standard InChI is InChI=1S/C22H23N3O5/c1-4-25-18-11-10-15(12-17(18)23-14(3)21(25)27)22(28)30-13-20(26)24-16-8-6-7-9-19(16)29-5-2/h6-12H,4-5,13H2,1-3H3,(H,24,26). The molecule has 1 N–H and O–H groups in total. The fraction of sp³-hybridized carbons (Fsp3) is 0.273. The van der Waals surface area contributed by atoms with Gasteiger partial charge >= 0.3 is 5.97 Å². The predicted octanol–water partition coefficient (Wildman–Crippen LogP) is 2.92. The normalized spacial score (nSPS) is 10.6. The number of hydrogen-bond acceptors (Lipinski definition) is 6. The van der Waals surface area contributed by atoms with E-state index >= 15 is 0 Å². The van der Waals surface area contributed by atoms with Crippen LogP contribution < -0.4 is 15.6 Å². The Bertz CT molecular complexity index is 1150. The van der Waals surface area contributed by atoms with Crippen molar-refractivity contribution >= 4 is 28.6 Å². The molecule has 0 unspecified atom stereocenters. The molecule has 0 fully saturated rings. The highest BCUT2D eigenvalue weighted by atomic mass is 16.5. The van der Waals surface area contributed by atoms with Gasteiger partial charge in [-0.05, 0) is 51.1 Å². The molecular formula is C22H23N3O5. The summed E-state index contributed by atoms with van der Waals surface area (Å²) < 4.78 is 12.2. The zero-order valence-electron chi connectivity index (χ0n) is 17.1. The highest BCUT2D eigenvalue weighted by Crippen LogP contribution is 2.23. The molecule has 0 saturated carbocycles. The number of nitrogens with zero attached hydrogens (tertiary/aromatic N) is 2. The Morgan fingerprint density at radius 1 is 1.13 bits per heavy atom. The summed E-state index contributed by atoms with van der Waals surface area (Å²) in [6.07, 6.45) is 0. The minimum Gasteiger partial charge on any atom is -0.492 e. The number of para-hydroxylation sites is 2. The second-order valence-electron chi connectivity index (χ2n) is 6.50. The largest absolute Gasteiger partial charge is 0.492 e. The number of carbonyl (C=O) groups is 2. The molecule has 2 aromatic carbocycles. The third-order valence-corrected chi connectivity index (χ3v) is 4.46. The van der Waals surface area contributed by atoms with Gasteiger partial charge in [-0.15, -0.1) is 0 Å². The quantitative estimate of drug-likeness (QED) is 0.603. The summed E-state index contributed by atoms with van der Waals surface area (Å²) in [7, 11) is 0. The molecule has 1 aromatic heterocycles. The second kappa shape index (κ2) is 9.21. The molecule has 8 heteroatoms. The Labute approximate surface area is 173 Å². The SMILES string of the molecule is CCOc1ccccc1NC(=O)COC(=O)c1ccc2c(c1)nc(C)c(=O)n2CC. The molecule has 0 atom stereocenters. The van der Waals surface area contributed by atoms with E-state index in [9.17, 15) is 14.4 Å². The predicted molar refractivity (Wildman–Crippen MR) is 113 cm³/mol. The number of carbonyl (C=O) groups excluding carboxylic acids is 2. The lowest BCUT2D eigenvalue weighted by molar-refractivity contribution is -0.119. The van der Waals surface area contributed by atoms with Gasteiger partial charge in [0.2, 0.25) is 0 Å². The van der Waals surface area contributed by atoms with Gasteiger partial charge in [0.1, 0.15) is 11.4 Å². The van der Waals surface area contributed by atoms with E-state index in [0.717, 1.165) is 0 Å². The van der Waals surface area contributed by atoms with Gasteiger partial charge in [0.15, 0.2) is 6.61 Å². The van der Waals surface area contributed by atoms with E-state index in [1.165, 1.54) is 0 Å². The number of rotatable bonds is 7. The molecule has 156 valence electrons. The molecule has 0 aliphatic rings. The highest BCUT2D eigenvalue weighted by molar-refractivity contribution is 5.97. The van der Waals surface area contributed by atoms with Crippen LogP contribution in [0.3, 0.4) is 0 Å². The highest BCUT2D eigenvalue weighted by Gasteiger charge is 2.14. The number of ether oxygens (including phenoxy) is 2. The average Bonchev–Trinajstić information content (AvgIpc) is 2.74. The van der Waals surface area contributed by atoms with Crippen LogP contribution in [0.1, 0.15) is 29.9 Å². The van der Waals surface area contributed by atoms with E-state index in [1.807, 2.05) is 13.8 Å². The lowest BCUT2D eigenvalue weighted by Crippen LogP contribution is -2.23. The molecule has 3 rings (SSSR count). The topological polar surface area (TPSA) is 99.5 Å². The second-order valence-corrected chi connectivity index (χ2v) is 6.50. The van der Waals surface area contributed by atoms with Crippen molar-refractivity contribution in [2.75, 3.05) is 18.5 Å². The van der Waals surface area contributed by atoms with Crippen molar-refractivity contribution in [3.05, 3.63) is 64.1 Å². The van der Waals surface area contributed by atoms with Crippen LogP contribution in [-0.4, -0.2) is 34.6 Å². The molecule has 0 spiro atoms. The summed E-state index contributed by atoms with van der Waals surface area (Å²) in [6, 6.07) is 11.8. The number of esters is 1. The van der Waals surface area contributed by atoms with E-state index in [0.29, 0.717) is 41.3 Å². The molecule has 0 bridgehead atoms. The van der Waals surface area contributed by atoms with Gasteiger partial charge in [0, 0.05) is 6.54 Å². The number of hydrogen-bond donors (Lipinski definition) is 1. The molecular weight excluding hydrogens is 386 g/mol. The third-order valence-electron chi connectivity index (χ3n) is 4.46. The zero-order valence-corrected chi connectivity index (χ0v) is 17.1. The molecule has 3 aromatic rings. The van der Waals surface area contributed by atoms with Gasteiger partial charge < -0.3 is 19.4 Å². The molecule has 0 aliphatic heterocycles. The van der Waals surface area contributed by atoms with Gasteiger partial charge in [-0.25, -0.2) is 9.78 Å². The molecule has 8 nitrogen and oxygen atoms in total. The first-order valence-electron chi connectivity index (χ1n) is 9.64. The van der Waals surface area contributed by atoms with E-state index in [-0.39, 0.29) is 11.1 Å². The Morgan fingerprint density at radius 3 is 2.63 bits per heavy atom. The summed E-state index contributed by atoms with van der Waals surface area (Å²) in [5.74, 6) is -0.596. The van der Waals surface area contributed by atoms with Crippen molar-refractivity contribution in [2.45, 2.75) is 27.3 Å². The van der Waals surface area contributed by atoms with Crippen molar-refractivity contribution < 1.29 is 19.1 Å². The van der Waals surface area contributed by atoms with Crippen molar-refractivity contribution in [3.63, 3.8) is 0 Å². The van der Waals surface area contributed by atoms with Crippen LogP contribution >= 0.6 is 0 Å². The van der Waals surface area contributed by atoms with Gasteiger partial charge in [0.05, 0.1) is 28.9 Å². The van der Waals surface area contributed by atoms with Crippen LogP contribution in [0.2, 0.25) is 0 Å². The zero-order chi connectivity index (χ0) is 21.7. The van der Waals surface area contributed by atoms with Crippen LogP contribution in [0.5, 0.6) is 5.75 Å². The van der Waals surface area contributed by atoms with Crippen molar-refractivity contribution in [3.8, 4) is 5.75 Å². The maximum atomic E-state index is 12.4. The first-order chi connectivity index (χ1) is 14.4. The molecule has 1 amide bonds. The van der Waals surface area contributed by atoms with E-state index in [1.54, 1.807) is 54.0 Å². The number of amides is 1. The summed E-state index contributed by atoms with van der Waals surface area (Å²) in [5, 5.41) is 2.67. The monoisotopic (exact) mass is 409 g/mol. The molecule has 1 heterocycles. The number of anilines is 1. The molecule has 0 radical (unpaired) electrons. The van der Waals surface area contributed by atoms with Crippen molar-refractivity contribution in [1.82, 2.24) is 9.55 Å². The maximum absolute atomic E-state index is 12.4. The van der Waals surface area contributed by atoms with E-state index in [2.05, 4.69) is 10.3 Å². The summed E-state index contributed by atoms with van der Waals surface area (Å²) >= 11 is 0. The first kappa shape index (κ1) is 21.0. The Hall–Kier alpha value is -3.68. The van der Waals surface area contributed by atoms with Gasteiger partial charge in [0.25, 0.3) is 11.5 Å². The average molecular weight is 409 g/mol. The summed E-state index contributed by atoms with van der Waals surface area (Å²) in [6.45, 7) is 5.85. The molecule has 30 heavy (non-hydrogen) atoms. The van der Waals surface area contributed by atoms with Crippen LogP contribution in [0.4, 0.5) is 5.69 Å². The van der Waals surface area contributed by atoms with Crippen LogP contribution in [0.15, 0.2) is 47.3 Å². The van der Waals surface area contributed by atoms with Gasteiger partial charge in [-0.2, -0.15) is 0 Å². The van der Waals surface area contributed by atoms with Crippen LogP contribution in [-0.2, 0) is 16.1 Å². The Balaban J connectivity index is 1.70. The molecule has 0 aliphatic carbocycles. The maximum Gasteiger partial charge on any atom is 0.338 e. The fourth-order valence-corrected chi connectivity index (χ4v) is 3.07. The number of benzene rings is 2. The lowest BCUT2D eigenvalue weighted by Gasteiger charge is -2.12. The molecule has 0 saturated heterocycles. The third kappa shape index (κ3) is 4.48.